The maximum atomic E-state index is 11.5. The summed E-state index contributed by atoms with van der Waals surface area (Å²) in [5, 5.41) is 3.57. The number of hydrogen-bond donors (Lipinski definition) is 1. The number of fused-ring (bicyclic) bond motifs is 1. The molecule has 0 bridgehead atoms. The van der Waals surface area contributed by atoms with Crippen molar-refractivity contribution in [3.63, 3.8) is 0 Å². The third-order valence-corrected chi connectivity index (χ3v) is 3.57. The highest BCUT2D eigenvalue weighted by atomic mass is 32.1. The van der Waals surface area contributed by atoms with Crippen LogP contribution in [0.25, 0.3) is 0 Å². The van der Waals surface area contributed by atoms with Crippen molar-refractivity contribution in [2.24, 2.45) is 0 Å². The zero-order valence-electron chi connectivity index (χ0n) is 9.67. The average Bonchev–Trinajstić information content (AvgIpc) is 2.57. The fourth-order valence-electron chi connectivity index (χ4n) is 1.81. The van der Waals surface area contributed by atoms with Gasteiger partial charge in [0.1, 0.15) is 0 Å². The van der Waals surface area contributed by atoms with E-state index >= 15 is 0 Å². The molecule has 0 saturated heterocycles. The van der Waals surface area contributed by atoms with E-state index in [1.165, 1.54) is 23.4 Å². The maximum absolute atomic E-state index is 11.5. The molecule has 2 rings (SSSR count). The van der Waals surface area contributed by atoms with E-state index in [0.717, 1.165) is 23.5 Å². The number of allylic oxidation sites excluding steroid dienone is 1. The molecule has 3 nitrogen and oxygen atoms in total. The van der Waals surface area contributed by atoms with Crippen molar-refractivity contribution in [3.05, 3.63) is 22.2 Å². The van der Waals surface area contributed by atoms with Gasteiger partial charge in [0.15, 0.2) is 5.13 Å². The SMILES string of the molecule is CC(C)=CC(=O)Nc1nc2c(s1)CCCC2. The molecule has 0 aliphatic heterocycles. The molecular formula is C12H16N2OS. The molecule has 0 spiro atoms. The van der Waals surface area contributed by atoms with Gasteiger partial charge in [-0.05, 0) is 39.5 Å². The first-order chi connectivity index (χ1) is 7.65. The van der Waals surface area contributed by atoms with Crippen LogP contribution in [0.15, 0.2) is 11.6 Å². The summed E-state index contributed by atoms with van der Waals surface area (Å²) < 4.78 is 0. The van der Waals surface area contributed by atoms with Gasteiger partial charge in [0, 0.05) is 11.0 Å². The zero-order chi connectivity index (χ0) is 11.5. The van der Waals surface area contributed by atoms with Gasteiger partial charge < -0.3 is 0 Å². The van der Waals surface area contributed by atoms with E-state index in [1.54, 1.807) is 17.4 Å². The highest BCUT2D eigenvalue weighted by Gasteiger charge is 2.15. The number of carbonyl (C=O) groups excluding carboxylic acids is 1. The summed E-state index contributed by atoms with van der Waals surface area (Å²) in [6.45, 7) is 3.82. The number of rotatable bonds is 2. The second-order valence-corrected chi connectivity index (χ2v) is 5.39. The Morgan fingerprint density at radius 1 is 1.38 bits per heavy atom. The molecule has 16 heavy (non-hydrogen) atoms. The largest absolute Gasteiger partial charge is 0.298 e. The minimum Gasteiger partial charge on any atom is -0.298 e. The summed E-state index contributed by atoms with van der Waals surface area (Å²) in [6.07, 6.45) is 6.24. The van der Waals surface area contributed by atoms with Gasteiger partial charge in [-0.15, -0.1) is 11.3 Å². The number of anilines is 1. The van der Waals surface area contributed by atoms with Crippen LogP contribution in [0, 0.1) is 0 Å². The van der Waals surface area contributed by atoms with Gasteiger partial charge in [0.2, 0.25) is 5.91 Å². The van der Waals surface area contributed by atoms with E-state index in [2.05, 4.69) is 10.3 Å². The molecule has 1 heterocycles. The van der Waals surface area contributed by atoms with Crippen molar-refractivity contribution >= 4 is 22.4 Å². The van der Waals surface area contributed by atoms with Crippen LogP contribution in [-0.2, 0) is 17.6 Å². The third-order valence-electron chi connectivity index (χ3n) is 2.50. The standard InChI is InChI=1S/C12H16N2OS/c1-8(2)7-11(15)14-12-13-9-5-3-4-6-10(9)16-12/h7H,3-6H2,1-2H3,(H,13,14,15). The van der Waals surface area contributed by atoms with Crippen LogP contribution in [0.5, 0.6) is 0 Å². The lowest BCUT2D eigenvalue weighted by atomic mass is 10.0. The van der Waals surface area contributed by atoms with Crippen LogP contribution in [-0.4, -0.2) is 10.9 Å². The van der Waals surface area contributed by atoms with Crippen molar-refractivity contribution in [2.45, 2.75) is 39.5 Å². The summed E-state index contributed by atoms with van der Waals surface area (Å²) in [5.41, 5.74) is 2.18. The molecule has 86 valence electrons. The normalized spacial score (nSPS) is 14.1. The van der Waals surface area contributed by atoms with E-state index in [0.29, 0.717) is 0 Å². The van der Waals surface area contributed by atoms with Gasteiger partial charge >= 0.3 is 0 Å². The lowest BCUT2D eigenvalue weighted by molar-refractivity contribution is -0.111. The molecule has 1 aliphatic rings. The summed E-state index contributed by atoms with van der Waals surface area (Å²) >= 11 is 1.62. The quantitative estimate of drug-likeness (QED) is 0.802. The number of aryl methyl sites for hydroxylation is 2. The average molecular weight is 236 g/mol. The molecule has 0 atom stereocenters. The lowest BCUT2D eigenvalue weighted by Gasteiger charge is -2.06. The van der Waals surface area contributed by atoms with E-state index < -0.39 is 0 Å². The van der Waals surface area contributed by atoms with Crippen LogP contribution in [0.4, 0.5) is 5.13 Å². The zero-order valence-corrected chi connectivity index (χ0v) is 10.5. The van der Waals surface area contributed by atoms with E-state index in [-0.39, 0.29) is 5.91 Å². The van der Waals surface area contributed by atoms with E-state index in [4.69, 9.17) is 0 Å². The summed E-state index contributed by atoms with van der Waals surface area (Å²) in [6, 6.07) is 0. The van der Waals surface area contributed by atoms with Gasteiger partial charge in [-0.2, -0.15) is 0 Å². The third kappa shape index (κ3) is 2.70. The fraction of sp³-hybridized carbons (Fsp3) is 0.500. The molecule has 0 unspecified atom stereocenters. The first-order valence-corrected chi connectivity index (χ1v) is 6.41. The number of amides is 1. The molecule has 1 amide bonds. The summed E-state index contributed by atoms with van der Waals surface area (Å²) in [5.74, 6) is -0.0777. The van der Waals surface area contributed by atoms with Gasteiger partial charge in [0.05, 0.1) is 5.69 Å². The first-order valence-electron chi connectivity index (χ1n) is 5.59. The maximum Gasteiger partial charge on any atom is 0.250 e. The minimum absolute atomic E-state index is 0.0777. The number of thiazole rings is 1. The Kier molecular flexibility index (Phi) is 3.39. The molecule has 1 N–H and O–H groups in total. The fourth-order valence-corrected chi connectivity index (χ4v) is 2.86. The lowest BCUT2D eigenvalue weighted by Crippen LogP contribution is -2.08. The van der Waals surface area contributed by atoms with Crippen molar-refractivity contribution in [1.29, 1.82) is 0 Å². The van der Waals surface area contributed by atoms with Gasteiger partial charge in [0.25, 0.3) is 0 Å². The molecule has 4 heteroatoms. The van der Waals surface area contributed by atoms with Crippen LogP contribution >= 0.6 is 11.3 Å². The Balaban J connectivity index is 2.08. The molecule has 0 aromatic carbocycles. The Labute approximate surface area is 99.6 Å². The Morgan fingerprint density at radius 3 is 2.81 bits per heavy atom. The molecule has 0 fully saturated rings. The van der Waals surface area contributed by atoms with Crippen molar-refractivity contribution in [1.82, 2.24) is 4.98 Å². The molecule has 1 aliphatic carbocycles. The molecular weight excluding hydrogens is 220 g/mol. The molecule has 1 aromatic rings. The Bertz CT molecular complexity index is 407. The predicted octanol–water partition coefficient (Wildman–Crippen LogP) is 2.93. The van der Waals surface area contributed by atoms with Crippen molar-refractivity contribution in [2.75, 3.05) is 5.32 Å². The van der Waals surface area contributed by atoms with Crippen LogP contribution in [0.3, 0.4) is 0 Å². The molecule has 1 aromatic heterocycles. The van der Waals surface area contributed by atoms with Crippen LogP contribution in [0.2, 0.25) is 0 Å². The number of carbonyl (C=O) groups is 1. The van der Waals surface area contributed by atoms with E-state index in [1.807, 2.05) is 13.8 Å². The second kappa shape index (κ2) is 4.78. The summed E-state index contributed by atoms with van der Waals surface area (Å²) in [4.78, 5) is 17.3. The number of nitrogens with zero attached hydrogens (tertiary/aromatic N) is 1. The number of hydrogen-bond acceptors (Lipinski definition) is 3. The van der Waals surface area contributed by atoms with Crippen LogP contribution < -0.4 is 5.32 Å². The van der Waals surface area contributed by atoms with Gasteiger partial charge in [-0.25, -0.2) is 4.98 Å². The monoisotopic (exact) mass is 236 g/mol. The van der Waals surface area contributed by atoms with Crippen molar-refractivity contribution in [3.8, 4) is 0 Å². The van der Waals surface area contributed by atoms with E-state index in [9.17, 15) is 4.79 Å². The smallest absolute Gasteiger partial charge is 0.250 e. The van der Waals surface area contributed by atoms with Crippen molar-refractivity contribution < 1.29 is 4.79 Å². The number of nitrogens with one attached hydrogen (secondary N) is 1. The highest BCUT2D eigenvalue weighted by molar-refractivity contribution is 7.15. The first kappa shape index (κ1) is 11.3. The topological polar surface area (TPSA) is 42.0 Å². The van der Waals surface area contributed by atoms with Crippen LogP contribution in [0.1, 0.15) is 37.3 Å². The molecule has 0 saturated carbocycles. The van der Waals surface area contributed by atoms with Gasteiger partial charge in [-0.1, -0.05) is 5.57 Å². The Hall–Kier alpha value is -1.16. The minimum atomic E-state index is -0.0777. The second-order valence-electron chi connectivity index (χ2n) is 4.31. The number of aromatic nitrogens is 1. The van der Waals surface area contributed by atoms with Gasteiger partial charge in [-0.3, -0.25) is 10.1 Å². The molecule has 0 radical (unpaired) electrons. The predicted molar refractivity (Wildman–Crippen MR) is 66.8 cm³/mol. The Morgan fingerprint density at radius 2 is 2.12 bits per heavy atom. The summed E-state index contributed by atoms with van der Waals surface area (Å²) in [7, 11) is 0. The highest BCUT2D eigenvalue weighted by Crippen LogP contribution is 2.29.